The minimum atomic E-state index is -0.362. The molecule has 0 saturated carbocycles. The van der Waals surface area contributed by atoms with E-state index in [4.69, 9.17) is 21.1 Å². The van der Waals surface area contributed by atoms with Crippen molar-refractivity contribution in [1.29, 1.82) is 0 Å². The average molecular weight is 431 g/mol. The van der Waals surface area contributed by atoms with E-state index in [1.54, 1.807) is 25.3 Å². The van der Waals surface area contributed by atoms with E-state index in [9.17, 15) is 9.59 Å². The fourth-order valence-electron chi connectivity index (χ4n) is 4.28. The summed E-state index contributed by atoms with van der Waals surface area (Å²) in [5.41, 5.74) is 1.53. The summed E-state index contributed by atoms with van der Waals surface area (Å²) in [6, 6.07) is 12.5. The number of quaternary nitrogens is 1. The number of hydrogen-bond acceptors (Lipinski definition) is 5. The molecule has 2 aromatic carbocycles. The number of nitrogens with zero attached hydrogens (tertiary/aromatic N) is 2. The molecule has 2 saturated heterocycles. The molecule has 2 aliphatic rings. The van der Waals surface area contributed by atoms with Crippen LogP contribution in [0.15, 0.2) is 42.5 Å². The monoisotopic (exact) mass is 430 g/mol. The maximum atomic E-state index is 13.2. The number of nitrogens with one attached hydrogen (secondary N) is 1. The Kier molecular flexibility index (Phi) is 5.83. The third-order valence-electron chi connectivity index (χ3n) is 5.86. The molecule has 2 amide bonds. The lowest BCUT2D eigenvalue weighted by Gasteiger charge is -2.36. The summed E-state index contributed by atoms with van der Waals surface area (Å²) in [6.07, 6.45) is 0.217. The number of amides is 2. The molecular weight excluding hydrogens is 406 g/mol. The highest BCUT2D eigenvalue weighted by Gasteiger charge is 2.46. The van der Waals surface area contributed by atoms with Gasteiger partial charge in [0.25, 0.3) is 5.91 Å². The Morgan fingerprint density at radius 3 is 2.37 bits per heavy atom. The van der Waals surface area contributed by atoms with Crippen LogP contribution < -0.4 is 24.2 Å². The summed E-state index contributed by atoms with van der Waals surface area (Å²) < 4.78 is 10.6. The third-order valence-corrected chi connectivity index (χ3v) is 6.18. The Morgan fingerprint density at radius 2 is 1.70 bits per heavy atom. The van der Waals surface area contributed by atoms with Gasteiger partial charge in [-0.2, -0.15) is 0 Å². The van der Waals surface area contributed by atoms with E-state index in [2.05, 4.69) is 4.90 Å². The molecule has 2 aromatic rings. The number of para-hydroxylation sites is 1. The number of rotatable bonds is 5. The van der Waals surface area contributed by atoms with E-state index in [0.29, 0.717) is 17.2 Å². The van der Waals surface area contributed by atoms with Crippen LogP contribution in [0, 0.1) is 0 Å². The molecule has 0 aliphatic carbocycles. The molecule has 4 rings (SSSR count). The van der Waals surface area contributed by atoms with E-state index in [1.807, 2.05) is 24.3 Å². The zero-order valence-electron chi connectivity index (χ0n) is 17.1. The number of halogens is 1. The van der Waals surface area contributed by atoms with Crippen molar-refractivity contribution in [2.24, 2.45) is 0 Å². The SMILES string of the molecule is COc1ccc(N2C(=O)C[C@@H]([NH+]3CCN(c4ccccc4Cl)CC3)C2=O)cc1OC. The van der Waals surface area contributed by atoms with E-state index in [0.717, 1.165) is 41.8 Å². The topological polar surface area (TPSA) is 63.5 Å². The van der Waals surface area contributed by atoms with Gasteiger partial charge in [-0.1, -0.05) is 23.7 Å². The van der Waals surface area contributed by atoms with Crippen LogP contribution in [0.1, 0.15) is 6.42 Å². The van der Waals surface area contributed by atoms with Crippen molar-refractivity contribution in [3.05, 3.63) is 47.5 Å². The van der Waals surface area contributed by atoms with Crippen molar-refractivity contribution >= 4 is 34.8 Å². The largest absolute Gasteiger partial charge is 0.493 e. The lowest BCUT2D eigenvalue weighted by atomic mass is 10.1. The highest BCUT2D eigenvalue weighted by molar-refractivity contribution is 6.33. The van der Waals surface area contributed by atoms with E-state index < -0.39 is 0 Å². The highest BCUT2D eigenvalue weighted by Crippen LogP contribution is 2.33. The third kappa shape index (κ3) is 3.70. The first kappa shape index (κ1) is 20.5. The number of anilines is 2. The zero-order chi connectivity index (χ0) is 21.3. The summed E-state index contributed by atoms with van der Waals surface area (Å²) in [5.74, 6) is 0.699. The predicted molar refractivity (Wildman–Crippen MR) is 115 cm³/mol. The van der Waals surface area contributed by atoms with Gasteiger partial charge in [0.15, 0.2) is 17.5 Å². The number of ether oxygens (including phenoxy) is 2. The van der Waals surface area contributed by atoms with Crippen LogP contribution in [0.2, 0.25) is 5.02 Å². The number of piperazine rings is 1. The minimum Gasteiger partial charge on any atom is -0.493 e. The van der Waals surface area contributed by atoms with Gasteiger partial charge in [0, 0.05) is 6.07 Å². The molecule has 7 nitrogen and oxygen atoms in total. The highest BCUT2D eigenvalue weighted by atomic mass is 35.5. The number of methoxy groups -OCH3 is 2. The summed E-state index contributed by atoms with van der Waals surface area (Å²) in [7, 11) is 3.08. The number of benzene rings is 2. The van der Waals surface area contributed by atoms with Crippen LogP contribution in [0.4, 0.5) is 11.4 Å². The molecule has 8 heteroatoms. The Hall–Kier alpha value is -2.77. The summed E-state index contributed by atoms with van der Waals surface area (Å²) in [5, 5.41) is 0.729. The van der Waals surface area contributed by atoms with Crippen LogP contribution in [0.5, 0.6) is 11.5 Å². The van der Waals surface area contributed by atoms with Gasteiger partial charge in [-0.05, 0) is 24.3 Å². The summed E-state index contributed by atoms with van der Waals surface area (Å²) >= 11 is 6.32. The molecule has 2 fully saturated rings. The maximum absolute atomic E-state index is 13.2. The summed E-state index contributed by atoms with van der Waals surface area (Å²) in [4.78, 5) is 30.5. The van der Waals surface area contributed by atoms with Crippen LogP contribution in [0.3, 0.4) is 0 Å². The molecule has 0 radical (unpaired) electrons. The van der Waals surface area contributed by atoms with Gasteiger partial charge in [0.2, 0.25) is 5.91 Å². The number of carbonyl (C=O) groups is 2. The first-order valence-electron chi connectivity index (χ1n) is 9.96. The molecule has 1 N–H and O–H groups in total. The Labute approximate surface area is 180 Å². The van der Waals surface area contributed by atoms with Crippen molar-refractivity contribution in [3.63, 3.8) is 0 Å². The van der Waals surface area contributed by atoms with Gasteiger partial charge >= 0.3 is 0 Å². The molecular formula is C22H25ClN3O4+. The molecule has 0 aromatic heterocycles. The minimum absolute atomic E-state index is 0.159. The maximum Gasteiger partial charge on any atom is 0.292 e. The molecule has 0 bridgehead atoms. The number of hydrogen-bond donors (Lipinski definition) is 1. The van der Waals surface area contributed by atoms with E-state index in [-0.39, 0.29) is 24.3 Å². The molecule has 158 valence electrons. The average Bonchev–Trinajstić information content (AvgIpc) is 3.07. The summed E-state index contributed by atoms with van der Waals surface area (Å²) in [6.45, 7) is 3.12. The second-order valence-corrected chi connectivity index (χ2v) is 7.87. The van der Waals surface area contributed by atoms with Crippen LogP contribution in [-0.2, 0) is 9.59 Å². The van der Waals surface area contributed by atoms with E-state index >= 15 is 0 Å². The first-order valence-corrected chi connectivity index (χ1v) is 10.3. The first-order chi connectivity index (χ1) is 14.5. The quantitative estimate of drug-likeness (QED) is 0.726. The van der Waals surface area contributed by atoms with Crippen molar-refractivity contribution < 1.29 is 24.0 Å². The molecule has 30 heavy (non-hydrogen) atoms. The van der Waals surface area contributed by atoms with Gasteiger partial charge in [0.05, 0.1) is 63.2 Å². The smallest absolute Gasteiger partial charge is 0.292 e. The molecule has 0 spiro atoms. The zero-order valence-corrected chi connectivity index (χ0v) is 17.8. The second kappa shape index (κ2) is 8.53. The lowest BCUT2D eigenvalue weighted by molar-refractivity contribution is -0.915. The van der Waals surface area contributed by atoms with Gasteiger partial charge < -0.3 is 19.3 Å². The van der Waals surface area contributed by atoms with Gasteiger partial charge in [-0.3, -0.25) is 9.59 Å². The lowest BCUT2D eigenvalue weighted by Crippen LogP contribution is -3.19. The predicted octanol–water partition coefficient (Wildman–Crippen LogP) is 1.39. The molecule has 2 heterocycles. The second-order valence-electron chi connectivity index (χ2n) is 7.46. The molecule has 2 aliphatic heterocycles. The fraction of sp³-hybridized carbons (Fsp3) is 0.364. The van der Waals surface area contributed by atoms with Crippen molar-refractivity contribution in [3.8, 4) is 11.5 Å². The van der Waals surface area contributed by atoms with Crippen molar-refractivity contribution in [2.45, 2.75) is 12.5 Å². The van der Waals surface area contributed by atoms with E-state index in [1.165, 1.54) is 12.0 Å². The van der Waals surface area contributed by atoms with Crippen LogP contribution >= 0.6 is 11.6 Å². The van der Waals surface area contributed by atoms with Gasteiger partial charge in [-0.15, -0.1) is 0 Å². The molecule has 0 unspecified atom stereocenters. The van der Waals surface area contributed by atoms with Gasteiger partial charge in [-0.25, -0.2) is 4.90 Å². The Morgan fingerprint density at radius 1 is 1.00 bits per heavy atom. The molecule has 1 atom stereocenters. The van der Waals surface area contributed by atoms with Crippen LogP contribution in [0.25, 0.3) is 0 Å². The van der Waals surface area contributed by atoms with Crippen molar-refractivity contribution in [1.82, 2.24) is 0 Å². The Balaban J connectivity index is 1.47. The van der Waals surface area contributed by atoms with Crippen molar-refractivity contribution in [2.75, 3.05) is 50.2 Å². The number of carbonyl (C=O) groups excluding carboxylic acids is 2. The van der Waals surface area contributed by atoms with Gasteiger partial charge in [0.1, 0.15) is 0 Å². The standard InChI is InChI=1S/C22H24ClN3O4/c1-29-19-8-7-15(13-20(19)30-2)26-21(27)14-18(22(26)28)25-11-9-24(10-12-25)17-6-4-3-5-16(17)23/h3-8,13,18H,9-12,14H2,1-2H3/p+1/t18-/m1/s1. The van der Waals surface area contributed by atoms with Crippen LogP contribution in [-0.4, -0.2) is 58.3 Å². The number of imide groups is 1. The Bertz CT molecular complexity index is 959. The fourth-order valence-corrected chi connectivity index (χ4v) is 4.53. The normalized spacial score (nSPS) is 20.0.